The molecule has 0 bridgehead atoms. The zero-order chi connectivity index (χ0) is 21.6. The predicted octanol–water partition coefficient (Wildman–Crippen LogP) is 7.58. The lowest BCUT2D eigenvalue weighted by molar-refractivity contribution is 0.867. The quantitative estimate of drug-likeness (QED) is 0.326. The molecule has 0 amide bonds. The summed E-state index contributed by atoms with van der Waals surface area (Å²) in [5.41, 5.74) is 7.03. The molecule has 0 aliphatic heterocycles. The Morgan fingerprint density at radius 2 is 1.55 bits per heavy atom. The lowest BCUT2D eigenvalue weighted by Crippen LogP contribution is -1.92. The van der Waals surface area contributed by atoms with E-state index < -0.39 is 0 Å². The van der Waals surface area contributed by atoms with E-state index in [4.69, 9.17) is 4.98 Å². The zero-order valence-electron chi connectivity index (χ0n) is 17.5. The number of nitriles is 1. The third kappa shape index (κ3) is 4.91. The Kier molecular flexibility index (Phi) is 6.26. The van der Waals surface area contributed by atoms with E-state index in [2.05, 4.69) is 73.8 Å². The Hall–Kier alpha value is -3.68. The topological polar surface area (TPSA) is 48.7 Å². The number of rotatable bonds is 6. The Morgan fingerprint density at radius 3 is 2.19 bits per heavy atom. The second-order valence-corrected chi connectivity index (χ2v) is 8.43. The fourth-order valence-electron chi connectivity index (χ4n) is 3.26. The van der Waals surface area contributed by atoms with Crippen molar-refractivity contribution in [3.05, 3.63) is 101 Å². The van der Waals surface area contributed by atoms with Crippen molar-refractivity contribution in [2.24, 2.45) is 0 Å². The molecule has 152 valence electrons. The Labute approximate surface area is 187 Å². The van der Waals surface area contributed by atoms with Crippen LogP contribution in [0, 0.1) is 11.3 Å². The van der Waals surface area contributed by atoms with Crippen molar-refractivity contribution >= 4 is 22.6 Å². The van der Waals surface area contributed by atoms with Gasteiger partial charge in [0, 0.05) is 22.8 Å². The fraction of sp³-hybridized carbons (Fsp3) is 0.111. The van der Waals surface area contributed by atoms with E-state index in [1.807, 2.05) is 35.7 Å². The van der Waals surface area contributed by atoms with Gasteiger partial charge in [-0.05, 0) is 34.7 Å². The number of benzene rings is 3. The molecule has 0 radical (unpaired) electrons. The van der Waals surface area contributed by atoms with Crippen LogP contribution < -0.4 is 5.32 Å². The third-order valence-corrected chi connectivity index (χ3v) is 5.98. The number of nitrogens with zero attached hydrogens (tertiary/aromatic N) is 2. The van der Waals surface area contributed by atoms with E-state index in [0.29, 0.717) is 16.5 Å². The van der Waals surface area contributed by atoms with E-state index in [1.165, 1.54) is 28.0 Å². The maximum Gasteiger partial charge on any atom is 0.136 e. The molecule has 1 N–H and O–H groups in total. The molecule has 4 rings (SSSR count). The molecule has 4 heteroatoms. The summed E-state index contributed by atoms with van der Waals surface area (Å²) in [4.78, 5) is 4.69. The molecule has 1 heterocycles. The molecule has 4 aromatic rings. The lowest BCUT2D eigenvalue weighted by atomic mass is 10.0. The van der Waals surface area contributed by atoms with Gasteiger partial charge < -0.3 is 5.32 Å². The van der Waals surface area contributed by atoms with E-state index in [1.54, 1.807) is 6.20 Å². The van der Waals surface area contributed by atoms with Crippen molar-refractivity contribution in [1.82, 2.24) is 4.98 Å². The average Bonchev–Trinajstić information content (AvgIpc) is 3.30. The minimum absolute atomic E-state index is 0.495. The monoisotopic (exact) mass is 421 g/mol. The summed E-state index contributed by atoms with van der Waals surface area (Å²) in [7, 11) is 0. The molecule has 0 fully saturated rings. The van der Waals surface area contributed by atoms with Crippen molar-refractivity contribution in [2.45, 2.75) is 19.8 Å². The van der Waals surface area contributed by atoms with Crippen molar-refractivity contribution in [2.75, 3.05) is 5.32 Å². The largest absolute Gasteiger partial charge is 0.360 e. The summed E-state index contributed by atoms with van der Waals surface area (Å²) < 4.78 is 0. The molecule has 31 heavy (non-hydrogen) atoms. The van der Waals surface area contributed by atoms with Crippen LogP contribution in [0.25, 0.3) is 28.0 Å². The summed E-state index contributed by atoms with van der Waals surface area (Å²) in [6.07, 6.45) is 1.73. The fourth-order valence-corrected chi connectivity index (χ4v) is 4.05. The Bertz CT molecular complexity index is 1210. The van der Waals surface area contributed by atoms with E-state index in [9.17, 15) is 5.26 Å². The molecule has 0 aliphatic rings. The van der Waals surface area contributed by atoms with Crippen molar-refractivity contribution in [1.29, 1.82) is 5.26 Å². The SMILES string of the molecule is CC(C)c1ccc(NC=C(C#N)c2nc(-c3ccc(-c4ccccc4)cc3)cs2)cc1. The van der Waals surface area contributed by atoms with Gasteiger partial charge in [0.25, 0.3) is 0 Å². The van der Waals surface area contributed by atoms with Crippen LogP contribution in [0.4, 0.5) is 5.69 Å². The highest BCUT2D eigenvalue weighted by molar-refractivity contribution is 7.11. The predicted molar refractivity (Wildman–Crippen MR) is 131 cm³/mol. The van der Waals surface area contributed by atoms with Gasteiger partial charge >= 0.3 is 0 Å². The number of allylic oxidation sites excluding steroid dienone is 1. The standard InChI is InChI=1S/C27H23N3S/c1-19(2)20-12-14-25(15-13-20)29-17-24(16-28)27-30-26(18-31-27)23-10-8-22(9-11-23)21-6-4-3-5-7-21/h3-15,17-19,29H,1-2H3. The first-order valence-corrected chi connectivity index (χ1v) is 11.1. The summed E-state index contributed by atoms with van der Waals surface area (Å²) in [5.74, 6) is 0.495. The summed E-state index contributed by atoms with van der Waals surface area (Å²) in [6.45, 7) is 4.34. The molecule has 0 atom stereocenters. The molecule has 0 saturated carbocycles. The first-order valence-electron chi connectivity index (χ1n) is 10.2. The van der Waals surface area contributed by atoms with Gasteiger partial charge in [-0.3, -0.25) is 0 Å². The van der Waals surface area contributed by atoms with Gasteiger partial charge in [-0.25, -0.2) is 4.98 Å². The molecule has 0 aliphatic carbocycles. The first-order chi connectivity index (χ1) is 15.1. The van der Waals surface area contributed by atoms with Crippen LogP contribution in [0.15, 0.2) is 90.4 Å². The van der Waals surface area contributed by atoms with Gasteiger partial charge in [-0.1, -0.05) is 80.6 Å². The van der Waals surface area contributed by atoms with Crippen molar-refractivity contribution < 1.29 is 0 Å². The number of hydrogen-bond acceptors (Lipinski definition) is 4. The normalized spacial score (nSPS) is 11.4. The van der Waals surface area contributed by atoms with Gasteiger partial charge in [0.1, 0.15) is 16.6 Å². The highest BCUT2D eigenvalue weighted by Gasteiger charge is 2.09. The first kappa shape index (κ1) is 20.6. The highest BCUT2D eigenvalue weighted by Crippen LogP contribution is 2.28. The van der Waals surface area contributed by atoms with Crippen LogP contribution in [-0.2, 0) is 0 Å². The van der Waals surface area contributed by atoms with Crippen LogP contribution in [0.2, 0.25) is 0 Å². The number of thiazole rings is 1. The summed E-state index contributed by atoms with van der Waals surface area (Å²) in [5, 5.41) is 15.5. The van der Waals surface area contributed by atoms with Gasteiger partial charge in [-0.2, -0.15) is 5.26 Å². The lowest BCUT2D eigenvalue weighted by Gasteiger charge is -2.07. The van der Waals surface area contributed by atoms with E-state index in [0.717, 1.165) is 16.9 Å². The van der Waals surface area contributed by atoms with Crippen molar-refractivity contribution in [3.63, 3.8) is 0 Å². The second-order valence-electron chi connectivity index (χ2n) is 7.57. The number of hydrogen-bond donors (Lipinski definition) is 1. The van der Waals surface area contributed by atoms with Gasteiger partial charge in [0.2, 0.25) is 0 Å². The molecular formula is C27H23N3S. The third-order valence-electron chi connectivity index (χ3n) is 5.10. The molecule has 3 nitrogen and oxygen atoms in total. The summed E-state index contributed by atoms with van der Waals surface area (Å²) in [6, 6.07) is 29.2. The number of nitrogens with one attached hydrogen (secondary N) is 1. The van der Waals surface area contributed by atoms with Crippen LogP contribution in [0.5, 0.6) is 0 Å². The van der Waals surface area contributed by atoms with Crippen molar-refractivity contribution in [3.8, 4) is 28.5 Å². The highest BCUT2D eigenvalue weighted by atomic mass is 32.1. The minimum Gasteiger partial charge on any atom is -0.360 e. The van der Waals surface area contributed by atoms with Gasteiger partial charge in [0.05, 0.1) is 5.69 Å². The van der Waals surface area contributed by atoms with Crippen LogP contribution in [-0.4, -0.2) is 4.98 Å². The molecule has 3 aromatic carbocycles. The van der Waals surface area contributed by atoms with Crippen LogP contribution in [0.1, 0.15) is 30.3 Å². The molecule has 0 spiro atoms. The van der Waals surface area contributed by atoms with Crippen LogP contribution >= 0.6 is 11.3 Å². The molecular weight excluding hydrogens is 398 g/mol. The summed E-state index contributed by atoms with van der Waals surface area (Å²) >= 11 is 1.48. The number of anilines is 1. The van der Waals surface area contributed by atoms with Gasteiger partial charge in [-0.15, -0.1) is 11.3 Å². The van der Waals surface area contributed by atoms with E-state index in [-0.39, 0.29) is 0 Å². The van der Waals surface area contributed by atoms with Gasteiger partial charge in [0.15, 0.2) is 0 Å². The molecule has 0 unspecified atom stereocenters. The molecule has 1 aromatic heterocycles. The van der Waals surface area contributed by atoms with E-state index >= 15 is 0 Å². The Morgan fingerprint density at radius 1 is 0.903 bits per heavy atom. The molecule has 0 saturated heterocycles. The number of aromatic nitrogens is 1. The average molecular weight is 422 g/mol. The minimum atomic E-state index is 0.495. The second kappa shape index (κ2) is 9.42. The maximum absolute atomic E-state index is 9.63. The zero-order valence-corrected chi connectivity index (χ0v) is 18.4. The Balaban J connectivity index is 1.50. The smallest absolute Gasteiger partial charge is 0.136 e. The maximum atomic E-state index is 9.63. The van der Waals surface area contributed by atoms with Crippen LogP contribution in [0.3, 0.4) is 0 Å².